The van der Waals surface area contributed by atoms with Gasteiger partial charge in [0.1, 0.15) is 5.75 Å². The van der Waals surface area contributed by atoms with Crippen LogP contribution in [0.25, 0.3) is 0 Å². The smallest absolute Gasteiger partial charge is 0.253 e. The number of carbonyl (C=O) groups excluding carboxylic acids is 2. The summed E-state index contributed by atoms with van der Waals surface area (Å²) in [4.78, 5) is 27.8. The monoisotopic (exact) mass is 462 g/mol. The minimum atomic E-state index is -0.252. The highest BCUT2D eigenvalue weighted by Crippen LogP contribution is 2.26. The third-order valence-corrected chi connectivity index (χ3v) is 6.36. The largest absolute Gasteiger partial charge is 0.497 e. The van der Waals surface area contributed by atoms with Crippen LogP contribution >= 0.6 is 11.6 Å². The molecule has 170 valence electrons. The van der Waals surface area contributed by atoms with E-state index < -0.39 is 0 Å². The van der Waals surface area contributed by atoms with E-state index in [-0.39, 0.29) is 23.8 Å². The Balaban J connectivity index is 1.42. The number of carbonyl (C=O) groups is 2. The van der Waals surface area contributed by atoms with Crippen molar-refractivity contribution in [2.75, 3.05) is 20.2 Å². The summed E-state index contributed by atoms with van der Waals surface area (Å²) < 4.78 is 5.27. The predicted octanol–water partition coefficient (Wildman–Crippen LogP) is 5.11. The van der Waals surface area contributed by atoms with Crippen LogP contribution in [-0.2, 0) is 4.79 Å². The lowest BCUT2D eigenvalue weighted by Crippen LogP contribution is -2.43. The first-order valence-corrected chi connectivity index (χ1v) is 11.5. The number of hydrogen-bond acceptors (Lipinski definition) is 3. The molecule has 1 N–H and O–H groups in total. The average Bonchev–Trinajstić information content (AvgIpc) is 2.88. The van der Waals surface area contributed by atoms with Crippen LogP contribution in [-0.4, -0.2) is 36.9 Å². The highest BCUT2D eigenvalue weighted by atomic mass is 35.5. The molecule has 0 aromatic heterocycles. The molecule has 5 nitrogen and oxygen atoms in total. The van der Waals surface area contributed by atoms with Crippen molar-refractivity contribution in [3.8, 4) is 5.75 Å². The fourth-order valence-electron chi connectivity index (χ4n) is 4.18. The first kappa shape index (κ1) is 22.9. The normalized spacial score (nSPS) is 15.0. The molecule has 1 heterocycles. The Morgan fingerprint density at radius 1 is 0.909 bits per heavy atom. The fourth-order valence-corrected chi connectivity index (χ4v) is 4.31. The van der Waals surface area contributed by atoms with Crippen LogP contribution in [0.5, 0.6) is 5.75 Å². The van der Waals surface area contributed by atoms with Gasteiger partial charge >= 0.3 is 0 Å². The number of nitrogens with one attached hydrogen (secondary N) is 1. The Kier molecular flexibility index (Phi) is 7.30. The highest BCUT2D eigenvalue weighted by Gasteiger charge is 2.29. The molecule has 0 aliphatic carbocycles. The summed E-state index contributed by atoms with van der Waals surface area (Å²) in [5.41, 5.74) is 2.63. The van der Waals surface area contributed by atoms with Gasteiger partial charge in [-0.2, -0.15) is 0 Å². The molecule has 0 radical (unpaired) electrons. The van der Waals surface area contributed by atoms with Crippen molar-refractivity contribution in [3.63, 3.8) is 0 Å². The van der Waals surface area contributed by atoms with E-state index in [2.05, 4.69) is 5.32 Å². The molecule has 0 spiro atoms. The van der Waals surface area contributed by atoms with Gasteiger partial charge in [0.05, 0.1) is 13.2 Å². The van der Waals surface area contributed by atoms with Crippen molar-refractivity contribution in [2.24, 2.45) is 5.92 Å². The number of halogens is 1. The van der Waals surface area contributed by atoms with Crippen LogP contribution in [0, 0.1) is 5.92 Å². The standard InChI is InChI=1S/C27H27ClN2O3/c1-33-24-13-9-20(10-14-24)25(19-5-3-2-4-6-19)29-26(31)21-15-17-30(18-16-21)27(32)22-7-11-23(28)12-8-22/h2-14,21,25H,15-18H2,1H3,(H,29,31)/t25-/m0/s1. The summed E-state index contributed by atoms with van der Waals surface area (Å²) in [5, 5.41) is 3.84. The summed E-state index contributed by atoms with van der Waals surface area (Å²) in [6, 6.07) is 24.4. The second-order valence-corrected chi connectivity index (χ2v) is 8.64. The summed E-state index contributed by atoms with van der Waals surface area (Å²) >= 11 is 5.93. The van der Waals surface area contributed by atoms with Crippen LogP contribution in [0.1, 0.15) is 40.4 Å². The molecule has 4 rings (SSSR count). The van der Waals surface area contributed by atoms with Crippen LogP contribution in [0.2, 0.25) is 5.02 Å². The number of piperidine rings is 1. The van der Waals surface area contributed by atoms with Gasteiger partial charge in [-0.05, 0) is 60.4 Å². The number of benzene rings is 3. The lowest BCUT2D eigenvalue weighted by molar-refractivity contribution is -0.126. The third kappa shape index (κ3) is 5.55. The van der Waals surface area contributed by atoms with Crippen LogP contribution in [0.15, 0.2) is 78.9 Å². The van der Waals surface area contributed by atoms with Crippen molar-refractivity contribution in [2.45, 2.75) is 18.9 Å². The topological polar surface area (TPSA) is 58.6 Å². The van der Waals surface area contributed by atoms with E-state index in [1.807, 2.05) is 59.5 Å². The number of ether oxygens (including phenoxy) is 1. The molecule has 1 aliphatic rings. The quantitative estimate of drug-likeness (QED) is 0.554. The zero-order valence-electron chi connectivity index (χ0n) is 18.5. The van der Waals surface area contributed by atoms with Gasteiger partial charge in [-0.15, -0.1) is 0 Å². The van der Waals surface area contributed by atoms with E-state index in [4.69, 9.17) is 16.3 Å². The van der Waals surface area contributed by atoms with Gasteiger partial charge < -0.3 is 15.0 Å². The predicted molar refractivity (Wildman–Crippen MR) is 130 cm³/mol. The molecule has 0 unspecified atom stereocenters. The number of amides is 2. The first-order valence-electron chi connectivity index (χ1n) is 11.1. The molecule has 1 fully saturated rings. The third-order valence-electron chi connectivity index (χ3n) is 6.11. The van der Waals surface area contributed by atoms with Crippen molar-refractivity contribution < 1.29 is 14.3 Å². The molecule has 0 saturated carbocycles. The molecule has 0 bridgehead atoms. The van der Waals surface area contributed by atoms with Gasteiger partial charge in [0, 0.05) is 29.6 Å². The van der Waals surface area contributed by atoms with Crippen LogP contribution in [0.4, 0.5) is 0 Å². The fraction of sp³-hybridized carbons (Fsp3) is 0.259. The Bertz CT molecular complexity index is 1080. The molecular formula is C27H27ClN2O3. The molecule has 1 atom stereocenters. The van der Waals surface area contributed by atoms with E-state index >= 15 is 0 Å². The maximum atomic E-state index is 13.2. The summed E-state index contributed by atoms with van der Waals surface area (Å²) in [7, 11) is 1.63. The molecule has 33 heavy (non-hydrogen) atoms. The minimum Gasteiger partial charge on any atom is -0.497 e. The molecule has 1 aliphatic heterocycles. The molecular weight excluding hydrogens is 436 g/mol. The van der Waals surface area contributed by atoms with Gasteiger partial charge in [-0.3, -0.25) is 9.59 Å². The van der Waals surface area contributed by atoms with E-state index in [0.717, 1.165) is 16.9 Å². The van der Waals surface area contributed by atoms with Crippen molar-refractivity contribution >= 4 is 23.4 Å². The highest BCUT2D eigenvalue weighted by molar-refractivity contribution is 6.30. The Labute approximate surface area is 199 Å². The SMILES string of the molecule is COc1ccc([C@@H](NC(=O)C2CCN(C(=O)c3ccc(Cl)cc3)CC2)c2ccccc2)cc1. The summed E-state index contributed by atoms with van der Waals surface area (Å²) in [6.45, 7) is 1.11. The molecule has 6 heteroatoms. The number of likely N-dealkylation sites (tertiary alicyclic amines) is 1. The Morgan fingerprint density at radius 3 is 2.12 bits per heavy atom. The molecule has 2 amide bonds. The van der Waals surface area contributed by atoms with Gasteiger partial charge in [0.2, 0.25) is 5.91 Å². The Morgan fingerprint density at radius 2 is 1.52 bits per heavy atom. The first-order chi connectivity index (χ1) is 16.0. The number of methoxy groups -OCH3 is 1. The summed E-state index contributed by atoms with van der Waals surface area (Å²) in [5.74, 6) is 0.627. The van der Waals surface area contributed by atoms with Crippen molar-refractivity contribution in [1.82, 2.24) is 10.2 Å². The zero-order chi connectivity index (χ0) is 23.2. The lowest BCUT2D eigenvalue weighted by atomic mass is 9.93. The van der Waals surface area contributed by atoms with Gasteiger partial charge in [-0.25, -0.2) is 0 Å². The second kappa shape index (κ2) is 10.5. The van der Waals surface area contributed by atoms with Gasteiger partial charge in [0.15, 0.2) is 0 Å². The number of rotatable bonds is 6. The molecule has 1 saturated heterocycles. The number of nitrogens with zero attached hydrogens (tertiary/aromatic N) is 1. The van der Waals surface area contributed by atoms with E-state index in [0.29, 0.717) is 36.5 Å². The minimum absolute atomic E-state index is 0.0123. The zero-order valence-corrected chi connectivity index (χ0v) is 19.3. The second-order valence-electron chi connectivity index (χ2n) is 8.20. The summed E-state index contributed by atoms with van der Waals surface area (Å²) in [6.07, 6.45) is 1.27. The maximum Gasteiger partial charge on any atom is 0.253 e. The maximum absolute atomic E-state index is 13.2. The van der Waals surface area contributed by atoms with Crippen molar-refractivity contribution in [1.29, 1.82) is 0 Å². The molecule has 3 aromatic carbocycles. The van der Waals surface area contributed by atoms with Crippen molar-refractivity contribution in [3.05, 3.63) is 101 Å². The van der Waals surface area contributed by atoms with E-state index in [9.17, 15) is 9.59 Å². The van der Waals surface area contributed by atoms with E-state index in [1.54, 1.807) is 31.4 Å². The van der Waals surface area contributed by atoms with Crippen LogP contribution in [0.3, 0.4) is 0 Å². The van der Waals surface area contributed by atoms with Crippen LogP contribution < -0.4 is 10.1 Å². The average molecular weight is 463 g/mol. The lowest BCUT2D eigenvalue weighted by Gasteiger charge is -2.32. The van der Waals surface area contributed by atoms with Gasteiger partial charge in [-0.1, -0.05) is 54.1 Å². The number of hydrogen-bond donors (Lipinski definition) is 1. The molecule has 3 aromatic rings. The Hall–Kier alpha value is -3.31. The van der Waals surface area contributed by atoms with E-state index in [1.165, 1.54) is 0 Å². The van der Waals surface area contributed by atoms with Gasteiger partial charge in [0.25, 0.3) is 5.91 Å².